The molecule has 1 aliphatic rings. The van der Waals surface area contributed by atoms with E-state index in [0.717, 1.165) is 0 Å². The van der Waals surface area contributed by atoms with Gasteiger partial charge >= 0.3 is 0 Å². The summed E-state index contributed by atoms with van der Waals surface area (Å²) >= 11 is 0. The number of para-hydroxylation sites is 2. The summed E-state index contributed by atoms with van der Waals surface area (Å²) in [5, 5.41) is 6.93. The van der Waals surface area contributed by atoms with E-state index in [4.69, 9.17) is 0 Å². The van der Waals surface area contributed by atoms with Crippen molar-refractivity contribution in [2.45, 2.75) is 27.2 Å². The number of rotatable bonds is 1. The van der Waals surface area contributed by atoms with E-state index in [1.807, 2.05) is 18.2 Å². The minimum absolute atomic E-state index is 0.0180. The van der Waals surface area contributed by atoms with Gasteiger partial charge in [-0.15, -0.1) is 0 Å². The molecule has 0 bridgehead atoms. The van der Waals surface area contributed by atoms with E-state index in [-0.39, 0.29) is 18.4 Å². The van der Waals surface area contributed by atoms with Gasteiger partial charge in [0.1, 0.15) is 6.54 Å². The number of fused-ring (bicyclic) bond motifs is 1. The Balaban J connectivity index is 0.000000595. The topological polar surface area (TPSA) is 67.2 Å². The molecular weight excluding hydrogens is 292 g/mol. The van der Waals surface area contributed by atoms with Crippen molar-refractivity contribution in [3.63, 3.8) is 0 Å². The number of nitrogens with zero attached hydrogens (tertiary/aromatic N) is 3. The van der Waals surface area contributed by atoms with Crippen LogP contribution in [0.4, 0.5) is 11.4 Å². The van der Waals surface area contributed by atoms with Crippen LogP contribution in [0.2, 0.25) is 0 Å². The highest BCUT2D eigenvalue weighted by Crippen LogP contribution is 2.30. The molecule has 23 heavy (non-hydrogen) atoms. The maximum atomic E-state index is 12.6. The number of carbonyl (C=O) groups excluding carboxylic acids is 2. The van der Waals surface area contributed by atoms with E-state index >= 15 is 0 Å². The number of aryl methyl sites for hydroxylation is 2. The van der Waals surface area contributed by atoms with Crippen LogP contribution < -0.4 is 10.2 Å². The Labute approximate surface area is 136 Å². The molecule has 0 radical (unpaired) electrons. The van der Waals surface area contributed by atoms with Crippen LogP contribution in [0, 0.1) is 6.92 Å². The van der Waals surface area contributed by atoms with Gasteiger partial charge in [0, 0.05) is 13.2 Å². The van der Waals surface area contributed by atoms with Crippen LogP contribution in [0.25, 0.3) is 0 Å². The van der Waals surface area contributed by atoms with Crippen molar-refractivity contribution in [2.24, 2.45) is 7.05 Å². The Morgan fingerprint density at radius 3 is 2.57 bits per heavy atom. The predicted molar refractivity (Wildman–Crippen MR) is 90.7 cm³/mol. The molecule has 6 heteroatoms. The monoisotopic (exact) mass is 314 g/mol. The number of aromatic nitrogens is 2. The molecule has 0 unspecified atom stereocenters. The van der Waals surface area contributed by atoms with Gasteiger partial charge in [0.05, 0.1) is 22.6 Å². The van der Waals surface area contributed by atoms with E-state index in [9.17, 15) is 9.59 Å². The fourth-order valence-electron chi connectivity index (χ4n) is 2.37. The van der Waals surface area contributed by atoms with Gasteiger partial charge in [-0.05, 0) is 19.1 Å². The number of amides is 2. The lowest BCUT2D eigenvalue weighted by Gasteiger charge is -2.28. The van der Waals surface area contributed by atoms with Crippen LogP contribution in [0.5, 0.6) is 0 Å². The van der Waals surface area contributed by atoms with Crippen LogP contribution >= 0.6 is 0 Å². The van der Waals surface area contributed by atoms with Crippen molar-refractivity contribution in [2.75, 3.05) is 16.8 Å². The van der Waals surface area contributed by atoms with Crippen molar-refractivity contribution < 1.29 is 9.59 Å². The van der Waals surface area contributed by atoms with Crippen LogP contribution in [0.3, 0.4) is 0 Å². The molecule has 0 fully saturated rings. The van der Waals surface area contributed by atoms with Crippen LogP contribution in [0.15, 0.2) is 30.5 Å². The largest absolute Gasteiger partial charge is 0.323 e. The molecule has 6 nitrogen and oxygen atoms in total. The number of carbonyl (C=O) groups is 2. The first-order valence-corrected chi connectivity index (χ1v) is 7.68. The summed E-state index contributed by atoms with van der Waals surface area (Å²) in [4.78, 5) is 25.9. The second-order valence-corrected chi connectivity index (χ2v) is 5.47. The fourth-order valence-corrected chi connectivity index (χ4v) is 2.37. The minimum Gasteiger partial charge on any atom is -0.323 e. The Kier molecular flexibility index (Phi) is 5.16. The van der Waals surface area contributed by atoms with Crippen molar-refractivity contribution in [3.8, 4) is 0 Å². The molecule has 2 heterocycles. The van der Waals surface area contributed by atoms with E-state index in [0.29, 0.717) is 22.6 Å². The highest BCUT2D eigenvalue weighted by molar-refractivity contribution is 6.15. The van der Waals surface area contributed by atoms with Crippen molar-refractivity contribution in [1.82, 2.24) is 9.78 Å². The summed E-state index contributed by atoms with van der Waals surface area (Å²) < 4.78 is 1.60. The smallest absolute Gasteiger partial charge is 0.262 e. The highest BCUT2D eigenvalue weighted by atomic mass is 16.2. The summed E-state index contributed by atoms with van der Waals surface area (Å²) in [5.74, 6) is -0.406. The normalized spacial score (nSPS) is 12.9. The molecule has 2 aromatic rings. The zero-order chi connectivity index (χ0) is 17.0. The Morgan fingerprint density at radius 2 is 1.96 bits per heavy atom. The zero-order valence-corrected chi connectivity index (χ0v) is 14.0. The molecular formula is C17H22N4O2. The molecule has 1 aromatic carbocycles. The first-order chi connectivity index (χ1) is 11.0. The minimum atomic E-state index is -0.210. The molecule has 0 spiro atoms. The summed E-state index contributed by atoms with van der Waals surface area (Å²) in [6, 6.07) is 7.26. The maximum absolute atomic E-state index is 12.6. The zero-order valence-electron chi connectivity index (χ0n) is 14.0. The first-order valence-electron chi connectivity index (χ1n) is 7.68. The summed E-state index contributed by atoms with van der Waals surface area (Å²) in [7, 11) is 1.76. The van der Waals surface area contributed by atoms with Gasteiger partial charge in [-0.2, -0.15) is 5.10 Å². The van der Waals surface area contributed by atoms with Crippen LogP contribution in [-0.4, -0.2) is 28.1 Å². The third kappa shape index (κ3) is 3.59. The lowest BCUT2D eigenvalue weighted by Crippen LogP contribution is -2.42. The van der Waals surface area contributed by atoms with E-state index in [1.165, 1.54) is 11.3 Å². The highest BCUT2D eigenvalue weighted by Gasteiger charge is 2.28. The Hall–Kier alpha value is -2.63. The van der Waals surface area contributed by atoms with Crippen LogP contribution in [0.1, 0.15) is 36.3 Å². The number of hydrogen-bond donors (Lipinski definition) is 1. The molecule has 0 aliphatic carbocycles. The van der Waals surface area contributed by atoms with E-state index in [1.54, 1.807) is 30.9 Å². The molecule has 0 saturated carbocycles. The molecule has 122 valence electrons. The molecule has 1 N–H and O–H groups in total. The number of nitrogens with one attached hydrogen (secondary N) is 1. The standard InChI is InChI=1S/C14H14N4O2.C3H8/c1-9-10(7-17(2)16-9)14(20)18-8-13(19)15-11-5-3-4-6-12(11)18;1-3-2/h3-7H,8H2,1-2H3,(H,15,19);3H2,1-2H3. The second kappa shape index (κ2) is 7.09. The molecule has 3 rings (SSSR count). The Morgan fingerprint density at radius 1 is 1.30 bits per heavy atom. The first kappa shape index (κ1) is 16.7. The predicted octanol–water partition coefficient (Wildman–Crippen LogP) is 2.74. The van der Waals surface area contributed by atoms with Gasteiger partial charge < -0.3 is 5.32 Å². The van der Waals surface area contributed by atoms with Gasteiger partial charge in [-0.25, -0.2) is 0 Å². The molecule has 1 aromatic heterocycles. The number of hydrogen-bond acceptors (Lipinski definition) is 3. The molecule has 0 atom stereocenters. The molecule has 0 saturated heterocycles. The molecule has 1 aliphatic heterocycles. The van der Waals surface area contributed by atoms with Crippen molar-refractivity contribution in [1.29, 1.82) is 0 Å². The maximum Gasteiger partial charge on any atom is 0.262 e. The summed E-state index contributed by atoms with van der Waals surface area (Å²) in [6.45, 7) is 6.05. The third-order valence-electron chi connectivity index (χ3n) is 3.26. The molecule has 2 amide bonds. The Bertz CT molecular complexity index is 721. The van der Waals surface area contributed by atoms with Crippen molar-refractivity contribution >= 4 is 23.2 Å². The van der Waals surface area contributed by atoms with Crippen molar-refractivity contribution in [3.05, 3.63) is 41.7 Å². The SMILES string of the molecule is CCC.Cc1nn(C)cc1C(=O)N1CC(=O)Nc2ccccc21. The van der Waals surface area contributed by atoms with Gasteiger partial charge in [0.2, 0.25) is 5.91 Å². The summed E-state index contributed by atoms with van der Waals surface area (Å²) in [5.41, 5.74) is 2.52. The van der Waals surface area contributed by atoms with Gasteiger partial charge in [0.15, 0.2) is 0 Å². The van der Waals surface area contributed by atoms with E-state index in [2.05, 4.69) is 24.3 Å². The van der Waals surface area contributed by atoms with Crippen LogP contribution in [-0.2, 0) is 11.8 Å². The number of anilines is 2. The lowest BCUT2D eigenvalue weighted by atomic mass is 10.1. The third-order valence-corrected chi connectivity index (χ3v) is 3.26. The lowest BCUT2D eigenvalue weighted by molar-refractivity contribution is -0.115. The fraction of sp³-hybridized carbons (Fsp3) is 0.353. The summed E-state index contributed by atoms with van der Waals surface area (Å²) in [6.07, 6.45) is 2.92. The second-order valence-electron chi connectivity index (χ2n) is 5.47. The van der Waals surface area contributed by atoms with Gasteiger partial charge in [-0.1, -0.05) is 32.4 Å². The average Bonchev–Trinajstić information content (AvgIpc) is 2.85. The average molecular weight is 314 g/mol. The number of benzene rings is 1. The van der Waals surface area contributed by atoms with E-state index < -0.39 is 0 Å². The quantitative estimate of drug-likeness (QED) is 0.880. The van der Waals surface area contributed by atoms with Gasteiger partial charge in [-0.3, -0.25) is 19.2 Å². The van der Waals surface area contributed by atoms with Gasteiger partial charge in [0.25, 0.3) is 5.91 Å².